The molecule has 0 aromatic heterocycles. The zero-order chi connectivity index (χ0) is 15.0. The van der Waals surface area contributed by atoms with Crippen molar-refractivity contribution in [3.05, 3.63) is 39.9 Å². The zero-order valence-corrected chi connectivity index (χ0v) is 12.2. The van der Waals surface area contributed by atoms with Crippen LogP contribution in [0.4, 0.5) is 5.69 Å². The summed E-state index contributed by atoms with van der Waals surface area (Å²) >= 11 is 0. The lowest BCUT2D eigenvalue weighted by Gasteiger charge is -2.22. The van der Waals surface area contributed by atoms with Gasteiger partial charge in [-0.05, 0) is 18.9 Å². The number of carbonyl (C=O) groups is 1. The van der Waals surface area contributed by atoms with E-state index in [1.165, 1.54) is 12.1 Å². The monoisotopic (exact) mass is 278 g/mol. The van der Waals surface area contributed by atoms with E-state index in [2.05, 4.69) is 13.8 Å². The van der Waals surface area contributed by atoms with Gasteiger partial charge in [0.05, 0.1) is 4.92 Å². The summed E-state index contributed by atoms with van der Waals surface area (Å²) in [6, 6.07) is 6.16. The van der Waals surface area contributed by atoms with Gasteiger partial charge in [0.1, 0.15) is 5.56 Å². The zero-order valence-electron chi connectivity index (χ0n) is 12.2. The van der Waals surface area contributed by atoms with Crippen molar-refractivity contribution in [2.24, 2.45) is 0 Å². The lowest BCUT2D eigenvalue weighted by molar-refractivity contribution is -0.385. The first-order valence-electron chi connectivity index (χ1n) is 7.14. The average Bonchev–Trinajstić information content (AvgIpc) is 2.46. The van der Waals surface area contributed by atoms with Crippen LogP contribution in [0.3, 0.4) is 0 Å². The molecule has 0 radical (unpaired) electrons. The number of nitrogens with zero attached hydrogens (tertiary/aromatic N) is 2. The highest BCUT2D eigenvalue weighted by Gasteiger charge is 2.23. The van der Waals surface area contributed by atoms with Crippen molar-refractivity contribution < 1.29 is 9.72 Å². The van der Waals surface area contributed by atoms with E-state index in [1.807, 2.05) is 0 Å². The highest BCUT2D eigenvalue weighted by atomic mass is 16.6. The Morgan fingerprint density at radius 2 is 1.70 bits per heavy atom. The lowest BCUT2D eigenvalue weighted by Crippen LogP contribution is -2.33. The lowest BCUT2D eigenvalue weighted by atomic mass is 10.1. The third kappa shape index (κ3) is 4.33. The number of unbranched alkanes of at least 4 members (excludes halogenated alkanes) is 2. The Bertz CT molecular complexity index is 452. The number of para-hydroxylation sites is 1. The van der Waals surface area contributed by atoms with Crippen LogP contribution in [0.5, 0.6) is 0 Å². The highest BCUT2D eigenvalue weighted by molar-refractivity contribution is 5.98. The highest BCUT2D eigenvalue weighted by Crippen LogP contribution is 2.20. The minimum Gasteiger partial charge on any atom is -0.338 e. The molecule has 1 rings (SSSR count). The molecule has 1 amide bonds. The molecule has 0 aliphatic heterocycles. The standard InChI is InChI=1S/C15H22N2O3/c1-3-5-11-16(12-6-4-2)15(18)13-9-7-8-10-14(13)17(19)20/h7-10H,3-6,11-12H2,1-2H3. The van der Waals surface area contributed by atoms with Crippen molar-refractivity contribution in [3.8, 4) is 0 Å². The van der Waals surface area contributed by atoms with Crippen molar-refractivity contribution in [1.29, 1.82) is 0 Å². The minimum absolute atomic E-state index is 0.115. The molecule has 0 heterocycles. The maximum absolute atomic E-state index is 12.5. The summed E-state index contributed by atoms with van der Waals surface area (Å²) in [6.07, 6.45) is 3.81. The maximum Gasteiger partial charge on any atom is 0.282 e. The van der Waals surface area contributed by atoms with Gasteiger partial charge in [-0.3, -0.25) is 14.9 Å². The van der Waals surface area contributed by atoms with Crippen LogP contribution in [0.1, 0.15) is 49.9 Å². The predicted octanol–water partition coefficient (Wildman–Crippen LogP) is 3.64. The molecule has 0 N–H and O–H groups in total. The number of amides is 1. The van der Waals surface area contributed by atoms with Gasteiger partial charge < -0.3 is 4.90 Å². The molecule has 1 aromatic rings. The second kappa shape index (κ2) is 8.30. The van der Waals surface area contributed by atoms with E-state index in [4.69, 9.17) is 0 Å². The van der Waals surface area contributed by atoms with E-state index >= 15 is 0 Å². The third-order valence-corrected chi connectivity index (χ3v) is 3.18. The molecular weight excluding hydrogens is 256 g/mol. The summed E-state index contributed by atoms with van der Waals surface area (Å²) in [5.74, 6) is -0.237. The van der Waals surface area contributed by atoms with E-state index in [0.717, 1.165) is 25.7 Å². The molecule has 5 heteroatoms. The number of hydrogen-bond donors (Lipinski definition) is 0. The molecule has 20 heavy (non-hydrogen) atoms. The smallest absolute Gasteiger partial charge is 0.282 e. The van der Waals surface area contributed by atoms with Crippen LogP contribution in [-0.2, 0) is 0 Å². The Morgan fingerprint density at radius 1 is 1.15 bits per heavy atom. The maximum atomic E-state index is 12.5. The Labute approximate surface area is 119 Å². The molecule has 0 atom stereocenters. The van der Waals surface area contributed by atoms with Crippen molar-refractivity contribution in [3.63, 3.8) is 0 Å². The molecule has 0 fully saturated rings. The number of benzene rings is 1. The fourth-order valence-electron chi connectivity index (χ4n) is 2.00. The first kappa shape index (κ1) is 16.1. The van der Waals surface area contributed by atoms with Crippen molar-refractivity contribution >= 4 is 11.6 Å². The number of rotatable bonds is 8. The van der Waals surface area contributed by atoms with Gasteiger partial charge >= 0.3 is 0 Å². The van der Waals surface area contributed by atoms with E-state index in [0.29, 0.717) is 13.1 Å². The van der Waals surface area contributed by atoms with Gasteiger partial charge in [-0.2, -0.15) is 0 Å². The summed E-state index contributed by atoms with van der Waals surface area (Å²) in [5.41, 5.74) is 0.0696. The topological polar surface area (TPSA) is 63.5 Å². The Morgan fingerprint density at radius 3 is 2.20 bits per heavy atom. The molecule has 0 aliphatic carbocycles. The second-order valence-corrected chi connectivity index (χ2v) is 4.77. The Balaban J connectivity index is 2.95. The summed E-state index contributed by atoms with van der Waals surface area (Å²) in [5, 5.41) is 11.0. The van der Waals surface area contributed by atoms with Crippen LogP contribution < -0.4 is 0 Å². The van der Waals surface area contributed by atoms with Gasteiger partial charge in [-0.25, -0.2) is 0 Å². The van der Waals surface area contributed by atoms with Crippen LogP contribution in [0, 0.1) is 10.1 Å². The van der Waals surface area contributed by atoms with E-state index in [1.54, 1.807) is 17.0 Å². The van der Waals surface area contributed by atoms with E-state index in [-0.39, 0.29) is 17.2 Å². The molecule has 1 aromatic carbocycles. The predicted molar refractivity (Wildman–Crippen MR) is 78.8 cm³/mol. The first-order valence-corrected chi connectivity index (χ1v) is 7.14. The molecule has 0 unspecified atom stereocenters. The Kier molecular flexibility index (Phi) is 6.70. The minimum atomic E-state index is -0.495. The summed E-state index contributed by atoms with van der Waals surface area (Å²) < 4.78 is 0. The molecule has 110 valence electrons. The van der Waals surface area contributed by atoms with Crippen LogP contribution >= 0.6 is 0 Å². The van der Waals surface area contributed by atoms with Gasteiger partial charge in [-0.15, -0.1) is 0 Å². The van der Waals surface area contributed by atoms with Crippen LogP contribution in [0.15, 0.2) is 24.3 Å². The van der Waals surface area contributed by atoms with Crippen molar-refractivity contribution in [2.45, 2.75) is 39.5 Å². The summed E-state index contributed by atoms with van der Waals surface area (Å²) in [6.45, 7) is 5.43. The van der Waals surface area contributed by atoms with Gasteiger partial charge in [-0.1, -0.05) is 38.8 Å². The normalized spacial score (nSPS) is 10.3. The molecule has 0 saturated carbocycles. The molecule has 0 saturated heterocycles. The quantitative estimate of drug-likeness (QED) is 0.538. The van der Waals surface area contributed by atoms with Crippen LogP contribution in [0.2, 0.25) is 0 Å². The molecular formula is C15H22N2O3. The summed E-state index contributed by atoms with van der Waals surface area (Å²) in [7, 11) is 0. The fourth-order valence-corrected chi connectivity index (χ4v) is 2.00. The van der Waals surface area contributed by atoms with Crippen LogP contribution in [-0.4, -0.2) is 28.8 Å². The van der Waals surface area contributed by atoms with Crippen molar-refractivity contribution in [2.75, 3.05) is 13.1 Å². The van der Waals surface area contributed by atoms with Gasteiger partial charge in [0.15, 0.2) is 0 Å². The van der Waals surface area contributed by atoms with Gasteiger partial charge in [0, 0.05) is 19.2 Å². The third-order valence-electron chi connectivity index (χ3n) is 3.18. The summed E-state index contributed by atoms with van der Waals surface area (Å²) in [4.78, 5) is 24.8. The first-order chi connectivity index (χ1) is 9.61. The largest absolute Gasteiger partial charge is 0.338 e. The number of nitro groups is 1. The number of carbonyl (C=O) groups excluding carboxylic acids is 1. The molecule has 5 nitrogen and oxygen atoms in total. The van der Waals surface area contributed by atoms with E-state index < -0.39 is 4.92 Å². The Hall–Kier alpha value is -1.91. The second-order valence-electron chi connectivity index (χ2n) is 4.77. The molecule has 0 aliphatic rings. The average molecular weight is 278 g/mol. The van der Waals surface area contributed by atoms with Gasteiger partial charge in [0.2, 0.25) is 0 Å². The van der Waals surface area contributed by atoms with Crippen LogP contribution in [0.25, 0.3) is 0 Å². The van der Waals surface area contributed by atoms with E-state index in [9.17, 15) is 14.9 Å². The molecule has 0 bridgehead atoms. The molecule has 0 spiro atoms. The van der Waals surface area contributed by atoms with Crippen molar-refractivity contribution in [1.82, 2.24) is 4.90 Å². The number of hydrogen-bond acceptors (Lipinski definition) is 3. The number of nitro benzene ring substituents is 1. The van der Waals surface area contributed by atoms with Gasteiger partial charge in [0.25, 0.3) is 11.6 Å². The fraction of sp³-hybridized carbons (Fsp3) is 0.533. The SMILES string of the molecule is CCCCN(CCCC)C(=O)c1ccccc1[N+](=O)[O-].